The average Bonchev–Trinajstić information content (AvgIpc) is 2.12. The molecule has 0 saturated heterocycles. The largest absolute Gasteiger partial charge is 0.382 e. The average molecular weight is 218 g/mol. The summed E-state index contributed by atoms with van der Waals surface area (Å²) in [5.41, 5.74) is 9.49. The van der Waals surface area contributed by atoms with E-state index in [-0.39, 0.29) is 6.54 Å². The summed E-state index contributed by atoms with van der Waals surface area (Å²) in [5, 5.41) is 13.3. The fraction of sp³-hybridized carbons (Fsp3) is 0.571. The second-order valence-electron chi connectivity index (χ2n) is 2.90. The van der Waals surface area contributed by atoms with Crippen LogP contribution in [0.5, 0.6) is 0 Å². The van der Waals surface area contributed by atoms with Gasteiger partial charge in [0, 0.05) is 6.54 Å². The van der Waals surface area contributed by atoms with E-state index in [9.17, 15) is 14.4 Å². The van der Waals surface area contributed by atoms with E-state index >= 15 is 0 Å². The smallest absolute Gasteiger partial charge is 0.318 e. The van der Waals surface area contributed by atoms with E-state index in [0.29, 0.717) is 0 Å². The van der Waals surface area contributed by atoms with E-state index in [4.69, 9.17) is 16.6 Å². The molecule has 0 spiro atoms. The van der Waals surface area contributed by atoms with Crippen LogP contribution >= 0.6 is 0 Å². The van der Waals surface area contributed by atoms with Crippen molar-refractivity contribution in [2.24, 2.45) is 11.5 Å². The first kappa shape index (κ1) is 13.3. The van der Waals surface area contributed by atoms with E-state index in [1.54, 1.807) is 0 Å². The molecule has 8 heteroatoms. The van der Waals surface area contributed by atoms with Gasteiger partial charge in [0.2, 0.25) is 11.8 Å². The Balaban J connectivity index is 3.93. The van der Waals surface area contributed by atoms with Crippen molar-refractivity contribution in [2.75, 3.05) is 6.54 Å². The second-order valence-corrected chi connectivity index (χ2v) is 2.90. The molecule has 0 aromatic rings. The van der Waals surface area contributed by atoms with E-state index in [1.165, 1.54) is 6.92 Å². The van der Waals surface area contributed by atoms with Crippen LogP contribution in [0.4, 0.5) is 4.79 Å². The first-order valence-corrected chi connectivity index (χ1v) is 4.15. The van der Waals surface area contributed by atoms with Crippen LogP contribution in [-0.2, 0) is 9.59 Å². The summed E-state index contributed by atoms with van der Waals surface area (Å²) in [6.07, 6.45) is -1.38. The number of hydrogen-bond donors (Lipinski definition) is 5. The number of urea groups is 1. The van der Waals surface area contributed by atoms with Gasteiger partial charge in [-0.05, 0) is 6.92 Å². The Labute approximate surface area is 86.0 Å². The molecule has 8 nitrogen and oxygen atoms in total. The number of nitrogens with one attached hydrogen (secondary N) is 2. The molecule has 2 atom stereocenters. The third-order valence-corrected chi connectivity index (χ3v) is 1.59. The summed E-state index contributed by atoms with van der Waals surface area (Å²) in [4.78, 5) is 31.8. The summed E-state index contributed by atoms with van der Waals surface area (Å²) in [6.45, 7) is 1.26. The van der Waals surface area contributed by atoms with Crippen LogP contribution in [0.1, 0.15) is 6.92 Å². The van der Waals surface area contributed by atoms with Crippen molar-refractivity contribution in [3.63, 3.8) is 0 Å². The van der Waals surface area contributed by atoms with Gasteiger partial charge in [-0.25, -0.2) is 4.79 Å². The minimum Gasteiger partial charge on any atom is -0.382 e. The van der Waals surface area contributed by atoms with Crippen LogP contribution < -0.4 is 22.1 Å². The Morgan fingerprint density at radius 2 is 1.87 bits per heavy atom. The minimum absolute atomic E-state index is 0.178. The summed E-state index contributed by atoms with van der Waals surface area (Å²) < 4.78 is 0. The molecule has 7 N–H and O–H groups in total. The van der Waals surface area contributed by atoms with Crippen molar-refractivity contribution >= 4 is 17.8 Å². The number of carbonyl (C=O) groups excluding carboxylic acids is 3. The van der Waals surface area contributed by atoms with Crippen molar-refractivity contribution in [1.82, 2.24) is 10.6 Å². The molecule has 0 radical (unpaired) electrons. The highest BCUT2D eigenvalue weighted by atomic mass is 16.3. The number of aliphatic hydroxyl groups excluding tert-OH is 1. The fourth-order valence-corrected chi connectivity index (χ4v) is 0.711. The zero-order chi connectivity index (χ0) is 12.0. The number of nitrogens with two attached hydrogens (primary N) is 2. The van der Waals surface area contributed by atoms with E-state index in [0.717, 1.165) is 0 Å². The number of hydrogen-bond acceptors (Lipinski definition) is 5. The molecule has 4 amide bonds. The number of imide groups is 1. The number of aliphatic hydroxyl groups is 1. The molecule has 0 aliphatic rings. The monoisotopic (exact) mass is 218 g/mol. The lowest BCUT2D eigenvalue weighted by molar-refractivity contribution is -0.127. The molecule has 0 aliphatic heterocycles. The van der Waals surface area contributed by atoms with Crippen LogP contribution in [0, 0.1) is 0 Å². The SMILES string of the molecule is CC(NCC(O)C(N)=O)C(=O)NC(N)=O. The van der Waals surface area contributed by atoms with Crippen molar-refractivity contribution in [3.8, 4) is 0 Å². The van der Waals surface area contributed by atoms with E-state index < -0.39 is 30.0 Å². The van der Waals surface area contributed by atoms with Gasteiger partial charge in [-0.2, -0.15) is 0 Å². The van der Waals surface area contributed by atoms with Gasteiger partial charge in [0.05, 0.1) is 6.04 Å². The van der Waals surface area contributed by atoms with Gasteiger partial charge in [0.15, 0.2) is 0 Å². The third-order valence-electron chi connectivity index (χ3n) is 1.59. The Morgan fingerprint density at radius 3 is 2.27 bits per heavy atom. The predicted molar refractivity (Wildman–Crippen MR) is 50.4 cm³/mol. The summed E-state index contributed by atoms with van der Waals surface area (Å²) in [7, 11) is 0. The van der Waals surface area contributed by atoms with Gasteiger partial charge in [-0.3, -0.25) is 14.9 Å². The number of primary amides is 2. The van der Waals surface area contributed by atoms with Crippen molar-refractivity contribution in [1.29, 1.82) is 0 Å². The van der Waals surface area contributed by atoms with E-state index in [1.807, 2.05) is 5.32 Å². The molecule has 0 fully saturated rings. The van der Waals surface area contributed by atoms with Gasteiger partial charge >= 0.3 is 6.03 Å². The molecule has 2 unspecified atom stereocenters. The summed E-state index contributed by atoms with van der Waals surface area (Å²) in [6, 6.07) is -1.74. The van der Waals surface area contributed by atoms with Crippen LogP contribution in [0.25, 0.3) is 0 Å². The quantitative estimate of drug-likeness (QED) is 0.333. The molecule has 0 aliphatic carbocycles. The Bertz CT molecular complexity index is 268. The minimum atomic E-state index is -1.38. The molecule has 0 rings (SSSR count). The van der Waals surface area contributed by atoms with Crippen molar-refractivity contribution in [3.05, 3.63) is 0 Å². The molecule has 0 aromatic heterocycles. The number of rotatable bonds is 5. The van der Waals surface area contributed by atoms with Gasteiger partial charge in [0.1, 0.15) is 6.10 Å². The van der Waals surface area contributed by atoms with Gasteiger partial charge in [-0.1, -0.05) is 0 Å². The Kier molecular flexibility index (Phi) is 5.27. The zero-order valence-corrected chi connectivity index (χ0v) is 8.19. The van der Waals surface area contributed by atoms with E-state index in [2.05, 4.69) is 5.32 Å². The maximum Gasteiger partial charge on any atom is 0.318 e. The molecule has 0 heterocycles. The number of amides is 4. The predicted octanol–water partition coefficient (Wildman–Crippen LogP) is -2.99. The van der Waals surface area contributed by atoms with Crippen LogP contribution in [-0.4, -0.2) is 41.6 Å². The Hall–Kier alpha value is -1.67. The fourth-order valence-electron chi connectivity index (χ4n) is 0.711. The summed E-state index contributed by atoms with van der Waals surface area (Å²) >= 11 is 0. The van der Waals surface area contributed by atoms with Crippen molar-refractivity contribution in [2.45, 2.75) is 19.1 Å². The third kappa shape index (κ3) is 5.60. The highest BCUT2D eigenvalue weighted by Gasteiger charge is 2.17. The second kappa shape index (κ2) is 5.94. The lowest BCUT2D eigenvalue weighted by Gasteiger charge is -2.14. The number of carbonyl (C=O) groups is 3. The first-order valence-electron chi connectivity index (χ1n) is 4.15. The maximum atomic E-state index is 11.1. The van der Waals surface area contributed by atoms with Gasteiger partial charge in [-0.15, -0.1) is 0 Å². The zero-order valence-electron chi connectivity index (χ0n) is 8.19. The first-order chi connectivity index (χ1) is 6.84. The van der Waals surface area contributed by atoms with Crippen molar-refractivity contribution < 1.29 is 19.5 Å². The van der Waals surface area contributed by atoms with Gasteiger partial charge in [0.25, 0.3) is 0 Å². The molecule has 86 valence electrons. The highest BCUT2D eigenvalue weighted by molar-refractivity contribution is 5.96. The maximum absolute atomic E-state index is 11.1. The molecule has 15 heavy (non-hydrogen) atoms. The molecular formula is C7H14N4O4. The normalized spacial score (nSPS) is 14.0. The standard InChI is InChI=1S/C7H14N4O4/c1-3(6(14)11-7(9)15)10-2-4(12)5(8)13/h3-4,10,12H,2H2,1H3,(H2,8,13)(H3,9,11,14,15). The lowest BCUT2D eigenvalue weighted by atomic mass is 10.2. The highest BCUT2D eigenvalue weighted by Crippen LogP contribution is 1.84. The molecule has 0 bridgehead atoms. The van der Waals surface area contributed by atoms with Crippen LogP contribution in [0.15, 0.2) is 0 Å². The lowest BCUT2D eigenvalue weighted by Crippen LogP contribution is -2.49. The topological polar surface area (TPSA) is 148 Å². The molecular weight excluding hydrogens is 204 g/mol. The molecule has 0 aromatic carbocycles. The summed E-state index contributed by atoms with van der Waals surface area (Å²) in [5.74, 6) is -1.55. The van der Waals surface area contributed by atoms with Crippen LogP contribution in [0.2, 0.25) is 0 Å². The van der Waals surface area contributed by atoms with Gasteiger partial charge < -0.3 is 21.9 Å². The molecule has 0 saturated carbocycles. The van der Waals surface area contributed by atoms with Crippen LogP contribution in [0.3, 0.4) is 0 Å². The Morgan fingerprint density at radius 1 is 1.33 bits per heavy atom.